The third-order valence-electron chi connectivity index (χ3n) is 2.21. The van der Waals surface area contributed by atoms with Crippen LogP contribution >= 0.6 is 31.9 Å². The van der Waals surface area contributed by atoms with Gasteiger partial charge in [0.1, 0.15) is 10.3 Å². The van der Waals surface area contributed by atoms with Crippen molar-refractivity contribution in [2.24, 2.45) is 0 Å². The highest BCUT2D eigenvalue weighted by atomic mass is 79.9. The van der Waals surface area contributed by atoms with E-state index in [4.69, 9.17) is 0 Å². The Balaban J connectivity index is 2.94. The highest BCUT2D eigenvalue weighted by Crippen LogP contribution is 2.28. The second kappa shape index (κ2) is 5.62. The average molecular weight is 372 g/mol. The SMILES string of the molecule is CCS(=O)(=O)[C@@H](Br)[C@@H](O)c1ccc(Br)cc1. The van der Waals surface area contributed by atoms with Crippen LogP contribution in [-0.4, -0.2) is 23.4 Å². The lowest BCUT2D eigenvalue weighted by molar-refractivity contribution is 0.195. The maximum absolute atomic E-state index is 11.6. The Morgan fingerprint density at radius 2 is 1.81 bits per heavy atom. The molecule has 0 bridgehead atoms. The number of hydrogen-bond acceptors (Lipinski definition) is 3. The molecule has 16 heavy (non-hydrogen) atoms. The number of hydrogen-bond donors (Lipinski definition) is 1. The van der Waals surface area contributed by atoms with Crippen molar-refractivity contribution in [3.63, 3.8) is 0 Å². The molecule has 0 unspecified atom stereocenters. The van der Waals surface area contributed by atoms with Crippen molar-refractivity contribution in [1.82, 2.24) is 0 Å². The molecule has 2 atom stereocenters. The number of sulfone groups is 1. The van der Waals surface area contributed by atoms with Crippen LogP contribution in [0.25, 0.3) is 0 Å². The summed E-state index contributed by atoms with van der Waals surface area (Å²) < 4.78 is 23.0. The molecule has 1 rings (SSSR count). The van der Waals surface area contributed by atoms with E-state index in [0.717, 1.165) is 4.47 Å². The molecule has 0 saturated carbocycles. The standard InChI is InChI=1S/C10H12Br2O3S/c1-2-16(14,15)10(12)9(13)7-3-5-8(11)6-4-7/h3-6,9-10,13H,2H2,1H3/t9-,10+/m0/s1. The van der Waals surface area contributed by atoms with Crippen molar-refractivity contribution < 1.29 is 13.5 Å². The summed E-state index contributed by atoms with van der Waals surface area (Å²) >= 11 is 6.30. The fourth-order valence-corrected chi connectivity index (χ4v) is 3.40. The van der Waals surface area contributed by atoms with Gasteiger partial charge < -0.3 is 5.11 Å². The molecule has 0 heterocycles. The molecule has 1 N–H and O–H groups in total. The fraction of sp³-hybridized carbons (Fsp3) is 0.400. The predicted octanol–water partition coefficient (Wildman–Crippen LogP) is 2.64. The number of halogens is 2. The van der Waals surface area contributed by atoms with Crippen LogP contribution in [0.3, 0.4) is 0 Å². The van der Waals surface area contributed by atoms with Gasteiger partial charge in [-0.25, -0.2) is 8.42 Å². The van der Waals surface area contributed by atoms with E-state index in [2.05, 4.69) is 31.9 Å². The molecule has 90 valence electrons. The highest BCUT2D eigenvalue weighted by Gasteiger charge is 2.29. The summed E-state index contributed by atoms with van der Waals surface area (Å²) in [5.41, 5.74) is 0.571. The first-order valence-corrected chi connectivity index (χ1v) is 8.10. The van der Waals surface area contributed by atoms with Crippen molar-refractivity contribution >= 4 is 41.7 Å². The van der Waals surface area contributed by atoms with E-state index < -0.39 is 20.1 Å². The third-order valence-corrected chi connectivity index (χ3v) is 6.69. The van der Waals surface area contributed by atoms with Crippen molar-refractivity contribution in [2.45, 2.75) is 17.2 Å². The zero-order chi connectivity index (χ0) is 12.3. The Morgan fingerprint density at radius 3 is 2.25 bits per heavy atom. The van der Waals surface area contributed by atoms with E-state index >= 15 is 0 Å². The predicted molar refractivity (Wildman–Crippen MR) is 71.3 cm³/mol. The van der Waals surface area contributed by atoms with Crippen LogP contribution in [-0.2, 0) is 9.84 Å². The summed E-state index contributed by atoms with van der Waals surface area (Å²) in [6.07, 6.45) is -1.06. The maximum Gasteiger partial charge on any atom is 0.165 e. The molecule has 0 aliphatic carbocycles. The van der Waals surface area contributed by atoms with Gasteiger partial charge in [0.25, 0.3) is 0 Å². The number of aliphatic hydroxyl groups is 1. The normalized spacial score (nSPS) is 15.8. The molecular formula is C10H12Br2O3S. The largest absolute Gasteiger partial charge is 0.386 e. The molecule has 0 aromatic heterocycles. The van der Waals surface area contributed by atoms with Gasteiger partial charge in [-0.1, -0.05) is 50.9 Å². The number of alkyl halides is 1. The molecule has 0 radical (unpaired) electrons. The highest BCUT2D eigenvalue weighted by molar-refractivity contribution is 9.11. The molecule has 6 heteroatoms. The van der Waals surface area contributed by atoms with Gasteiger partial charge in [-0.2, -0.15) is 0 Å². The van der Waals surface area contributed by atoms with E-state index in [1.165, 1.54) is 0 Å². The van der Waals surface area contributed by atoms with E-state index in [1.54, 1.807) is 31.2 Å². The molecule has 3 nitrogen and oxygen atoms in total. The lowest BCUT2D eigenvalue weighted by Gasteiger charge is -2.17. The van der Waals surface area contributed by atoms with Gasteiger partial charge in [0.15, 0.2) is 9.84 Å². The third kappa shape index (κ3) is 3.29. The van der Waals surface area contributed by atoms with Gasteiger partial charge in [0.05, 0.1) is 0 Å². The number of rotatable bonds is 4. The molecule has 0 saturated heterocycles. The minimum absolute atomic E-state index is 0.00347. The molecule has 0 aliphatic rings. The molecule has 1 aromatic rings. The monoisotopic (exact) mass is 370 g/mol. The van der Waals surface area contributed by atoms with Gasteiger partial charge >= 0.3 is 0 Å². The van der Waals surface area contributed by atoms with Crippen molar-refractivity contribution in [3.05, 3.63) is 34.3 Å². The molecule has 0 spiro atoms. The van der Waals surface area contributed by atoms with Gasteiger partial charge in [0, 0.05) is 10.2 Å². The average Bonchev–Trinajstić information content (AvgIpc) is 2.28. The first-order valence-electron chi connectivity index (χ1n) is 4.67. The van der Waals surface area contributed by atoms with Crippen LogP contribution in [0.4, 0.5) is 0 Å². The van der Waals surface area contributed by atoms with Crippen molar-refractivity contribution in [1.29, 1.82) is 0 Å². The smallest absolute Gasteiger partial charge is 0.165 e. The number of aliphatic hydroxyl groups excluding tert-OH is 1. The maximum atomic E-state index is 11.6. The minimum atomic E-state index is -3.30. The van der Waals surface area contributed by atoms with E-state index in [0.29, 0.717) is 5.56 Å². The lowest BCUT2D eigenvalue weighted by Crippen LogP contribution is -2.24. The lowest BCUT2D eigenvalue weighted by atomic mass is 10.1. The Labute approximate surface area is 112 Å². The summed E-state index contributed by atoms with van der Waals surface area (Å²) in [6.45, 7) is 1.55. The zero-order valence-electron chi connectivity index (χ0n) is 8.60. The van der Waals surface area contributed by atoms with Crippen LogP contribution in [0.2, 0.25) is 0 Å². The Kier molecular flexibility index (Phi) is 4.97. The molecule has 0 fully saturated rings. The van der Waals surface area contributed by atoms with E-state index in [9.17, 15) is 13.5 Å². The van der Waals surface area contributed by atoms with Gasteiger partial charge in [-0.3, -0.25) is 0 Å². The Hall–Kier alpha value is 0.0900. The van der Waals surface area contributed by atoms with E-state index in [1.807, 2.05) is 0 Å². The Bertz CT molecular complexity index is 442. The van der Waals surface area contributed by atoms with Gasteiger partial charge in [-0.05, 0) is 17.7 Å². The van der Waals surface area contributed by atoms with E-state index in [-0.39, 0.29) is 5.75 Å². The molecule has 1 aromatic carbocycles. The zero-order valence-corrected chi connectivity index (χ0v) is 12.6. The topological polar surface area (TPSA) is 54.4 Å². The van der Waals surface area contributed by atoms with Crippen LogP contribution in [0, 0.1) is 0 Å². The summed E-state index contributed by atoms with van der Waals surface area (Å²) in [5, 5.41) is 9.91. The molecule has 0 aliphatic heterocycles. The fourth-order valence-electron chi connectivity index (χ4n) is 1.17. The Morgan fingerprint density at radius 1 is 1.31 bits per heavy atom. The molecular weight excluding hydrogens is 360 g/mol. The van der Waals surface area contributed by atoms with Crippen LogP contribution in [0.1, 0.15) is 18.6 Å². The van der Waals surface area contributed by atoms with Crippen LogP contribution in [0.5, 0.6) is 0 Å². The second-order valence-electron chi connectivity index (χ2n) is 3.30. The summed E-state index contributed by atoms with van der Waals surface area (Å²) in [7, 11) is -3.30. The first-order chi connectivity index (χ1) is 7.38. The van der Waals surface area contributed by atoms with Gasteiger partial charge in [0.2, 0.25) is 0 Å². The van der Waals surface area contributed by atoms with Crippen LogP contribution < -0.4 is 0 Å². The van der Waals surface area contributed by atoms with Crippen molar-refractivity contribution in [3.8, 4) is 0 Å². The first kappa shape index (κ1) is 14.2. The summed E-state index contributed by atoms with van der Waals surface area (Å²) in [4.78, 5) is 0. The quantitative estimate of drug-likeness (QED) is 0.827. The molecule has 0 amide bonds. The number of benzene rings is 1. The van der Waals surface area contributed by atoms with Crippen molar-refractivity contribution in [2.75, 3.05) is 5.75 Å². The minimum Gasteiger partial charge on any atom is -0.386 e. The van der Waals surface area contributed by atoms with Crippen LogP contribution in [0.15, 0.2) is 28.7 Å². The second-order valence-corrected chi connectivity index (χ2v) is 8.22. The van der Waals surface area contributed by atoms with Gasteiger partial charge in [-0.15, -0.1) is 0 Å². The summed E-state index contributed by atoms with van der Waals surface area (Å²) in [5.74, 6) is -0.00347. The summed E-state index contributed by atoms with van der Waals surface area (Å²) in [6, 6.07) is 6.90.